The van der Waals surface area contributed by atoms with Crippen LogP contribution in [0.15, 0.2) is 54.7 Å². The van der Waals surface area contributed by atoms with E-state index < -0.39 is 5.60 Å². The quantitative estimate of drug-likeness (QED) is 0.403. The van der Waals surface area contributed by atoms with Gasteiger partial charge in [0.2, 0.25) is 0 Å². The Morgan fingerprint density at radius 2 is 1.92 bits per heavy atom. The first-order valence-electron chi connectivity index (χ1n) is 13.5. The van der Waals surface area contributed by atoms with Crippen LogP contribution in [0.5, 0.6) is 0 Å². The minimum atomic E-state index is -0.541. The number of ketones is 1. The molecule has 3 atom stereocenters. The predicted octanol–water partition coefficient (Wildman–Crippen LogP) is 6.28. The second kappa shape index (κ2) is 9.89. The average Bonchev–Trinajstić information content (AvgIpc) is 2.86. The summed E-state index contributed by atoms with van der Waals surface area (Å²) in [6.07, 6.45) is 9.73. The molecule has 0 aliphatic heterocycles. The lowest BCUT2D eigenvalue weighted by Crippen LogP contribution is -2.51. The Bertz CT molecular complexity index is 1250. The molecule has 4 heteroatoms. The van der Waals surface area contributed by atoms with E-state index in [0.717, 1.165) is 74.0 Å². The maximum absolute atomic E-state index is 13.3. The minimum absolute atomic E-state index is 0.0118. The van der Waals surface area contributed by atoms with Crippen molar-refractivity contribution in [3.63, 3.8) is 0 Å². The average molecular weight is 483 g/mol. The fourth-order valence-electron chi connectivity index (χ4n) is 6.98. The monoisotopic (exact) mass is 482 g/mol. The molecule has 0 spiro atoms. The van der Waals surface area contributed by atoms with Crippen LogP contribution in [0.1, 0.15) is 89.6 Å². The van der Waals surface area contributed by atoms with Gasteiger partial charge in [-0.2, -0.15) is 0 Å². The molecule has 0 saturated heterocycles. The van der Waals surface area contributed by atoms with Gasteiger partial charge in [0.1, 0.15) is 5.82 Å². The first-order chi connectivity index (χ1) is 17.3. The number of Topliss-reactive ketones (excluding diaryl/α,β-unsaturated/α-hetero) is 1. The minimum Gasteiger partial charge on any atom is -0.390 e. The van der Waals surface area contributed by atoms with Crippen LogP contribution >= 0.6 is 0 Å². The van der Waals surface area contributed by atoms with Gasteiger partial charge in [-0.05, 0) is 93.0 Å². The van der Waals surface area contributed by atoms with E-state index in [9.17, 15) is 9.90 Å². The lowest BCUT2D eigenvalue weighted by atomic mass is 9.52. The van der Waals surface area contributed by atoms with Gasteiger partial charge in [0.15, 0.2) is 5.78 Å². The Hall–Kier alpha value is -2.85. The van der Waals surface area contributed by atoms with Crippen LogP contribution in [-0.2, 0) is 24.7 Å². The number of aryl methyl sites for hydroxylation is 3. The van der Waals surface area contributed by atoms with Gasteiger partial charge in [-0.1, -0.05) is 55.8 Å². The highest BCUT2D eigenvalue weighted by atomic mass is 16.3. The molecule has 188 valence electrons. The van der Waals surface area contributed by atoms with Crippen molar-refractivity contribution in [2.24, 2.45) is 5.92 Å². The van der Waals surface area contributed by atoms with Gasteiger partial charge in [-0.25, -0.2) is 9.97 Å². The van der Waals surface area contributed by atoms with Gasteiger partial charge in [0.05, 0.1) is 5.60 Å². The molecule has 2 aliphatic carbocycles. The van der Waals surface area contributed by atoms with E-state index in [-0.39, 0.29) is 11.2 Å². The largest absolute Gasteiger partial charge is 0.390 e. The van der Waals surface area contributed by atoms with Crippen LogP contribution in [0.4, 0.5) is 0 Å². The molecule has 2 aromatic carbocycles. The molecule has 1 N–H and O–H groups in total. The number of aliphatic hydroxyl groups is 1. The summed E-state index contributed by atoms with van der Waals surface area (Å²) in [5, 5.41) is 11.4. The fraction of sp³-hybridized carbons (Fsp3) is 0.469. The molecule has 2 aliphatic rings. The van der Waals surface area contributed by atoms with Crippen LogP contribution in [0.25, 0.3) is 0 Å². The molecule has 0 unspecified atom stereocenters. The standard InChI is InChI=1S/C32H38N2O2/c1-4-14-31(36)15-16-32(19-24-8-6-5-7-9-24)28(20-31)12-10-25-17-26(11-13-29(25)32)30(35)18-27-21-33-23(3)34-22(27)2/h5-9,11,13,17,21,28,36H,4,10,12,14-16,18-20H2,1-3H3/t28-,31-,32+/m1/s1. The van der Waals surface area contributed by atoms with E-state index in [0.29, 0.717) is 12.3 Å². The number of rotatable bonds is 7. The summed E-state index contributed by atoms with van der Waals surface area (Å²) >= 11 is 0. The molecule has 36 heavy (non-hydrogen) atoms. The molecule has 0 radical (unpaired) electrons. The van der Waals surface area contributed by atoms with Crippen LogP contribution in [0, 0.1) is 19.8 Å². The van der Waals surface area contributed by atoms with Crippen molar-refractivity contribution in [2.45, 2.75) is 89.6 Å². The van der Waals surface area contributed by atoms with Gasteiger partial charge in [0.25, 0.3) is 0 Å². The summed E-state index contributed by atoms with van der Waals surface area (Å²) in [5.74, 6) is 1.30. The number of carbonyl (C=O) groups excluding carboxylic acids is 1. The van der Waals surface area contributed by atoms with E-state index in [2.05, 4.69) is 59.4 Å². The summed E-state index contributed by atoms with van der Waals surface area (Å²) in [6.45, 7) is 5.98. The number of fused-ring (bicyclic) bond motifs is 3. The van der Waals surface area contributed by atoms with Crippen molar-refractivity contribution in [3.05, 3.63) is 94.1 Å². The third kappa shape index (κ3) is 4.76. The van der Waals surface area contributed by atoms with Crippen molar-refractivity contribution >= 4 is 5.78 Å². The number of carbonyl (C=O) groups is 1. The lowest BCUT2D eigenvalue weighted by molar-refractivity contribution is -0.0565. The highest BCUT2D eigenvalue weighted by Crippen LogP contribution is 2.55. The maximum Gasteiger partial charge on any atom is 0.167 e. The zero-order valence-corrected chi connectivity index (χ0v) is 21.9. The van der Waals surface area contributed by atoms with E-state index in [1.807, 2.05) is 19.9 Å². The summed E-state index contributed by atoms with van der Waals surface area (Å²) in [7, 11) is 0. The molecule has 1 saturated carbocycles. The van der Waals surface area contributed by atoms with Gasteiger partial charge in [0, 0.05) is 29.3 Å². The Morgan fingerprint density at radius 1 is 1.11 bits per heavy atom. The predicted molar refractivity (Wildman–Crippen MR) is 143 cm³/mol. The van der Waals surface area contributed by atoms with Crippen molar-refractivity contribution in [2.75, 3.05) is 0 Å². The zero-order chi connectivity index (χ0) is 25.3. The first-order valence-corrected chi connectivity index (χ1v) is 13.5. The molecular weight excluding hydrogens is 444 g/mol. The SMILES string of the molecule is CCC[C@@]1(O)CC[C@@]2(Cc3ccccc3)c3ccc(C(=O)Cc4cnc(C)nc4C)cc3CC[C@@H]2C1. The second-order valence-electron chi connectivity index (χ2n) is 11.2. The summed E-state index contributed by atoms with van der Waals surface area (Å²) in [6, 6.07) is 17.2. The maximum atomic E-state index is 13.3. The molecular formula is C32H38N2O2. The molecule has 0 bridgehead atoms. The molecule has 3 aromatic rings. The molecule has 0 amide bonds. The molecule has 1 heterocycles. The zero-order valence-electron chi connectivity index (χ0n) is 21.9. The number of nitrogens with zero attached hydrogens (tertiary/aromatic N) is 2. The van der Waals surface area contributed by atoms with E-state index in [1.54, 1.807) is 6.20 Å². The van der Waals surface area contributed by atoms with Crippen molar-refractivity contribution in [1.82, 2.24) is 9.97 Å². The molecule has 4 nitrogen and oxygen atoms in total. The Labute approximate surface area is 215 Å². The third-order valence-corrected chi connectivity index (χ3v) is 8.80. The first kappa shape index (κ1) is 24.8. The van der Waals surface area contributed by atoms with E-state index >= 15 is 0 Å². The highest BCUT2D eigenvalue weighted by Gasteiger charge is 2.51. The summed E-state index contributed by atoms with van der Waals surface area (Å²) in [5.41, 5.74) is 6.08. The van der Waals surface area contributed by atoms with Crippen LogP contribution in [0.3, 0.4) is 0 Å². The van der Waals surface area contributed by atoms with Gasteiger partial charge < -0.3 is 5.11 Å². The van der Waals surface area contributed by atoms with Crippen molar-refractivity contribution in [1.29, 1.82) is 0 Å². The van der Waals surface area contributed by atoms with Crippen LogP contribution in [0.2, 0.25) is 0 Å². The molecule has 1 aromatic heterocycles. The normalized spacial score (nSPS) is 25.2. The fourth-order valence-corrected chi connectivity index (χ4v) is 6.98. The van der Waals surface area contributed by atoms with Gasteiger partial charge in [-0.15, -0.1) is 0 Å². The van der Waals surface area contributed by atoms with E-state index in [1.165, 1.54) is 16.7 Å². The Kier molecular flexibility index (Phi) is 6.82. The van der Waals surface area contributed by atoms with Crippen LogP contribution < -0.4 is 0 Å². The highest BCUT2D eigenvalue weighted by molar-refractivity contribution is 5.97. The molecule has 5 rings (SSSR count). The molecule has 1 fully saturated rings. The van der Waals surface area contributed by atoms with Crippen LogP contribution in [-0.4, -0.2) is 26.5 Å². The lowest BCUT2D eigenvalue weighted by Gasteiger charge is -2.53. The Morgan fingerprint density at radius 3 is 2.67 bits per heavy atom. The Balaban J connectivity index is 1.48. The number of benzene rings is 2. The number of hydrogen-bond acceptors (Lipinski definition) is 4. The van der Waals surface area contributed by atoms with Crippen molar-refractivity contribution in [3.8, 4) is 0 Å². The van der Waals surface area contributed by atoms with Gasteiger partial charge >= 0.3 is 0 Å². The topological polar surface area (TPSA) is 63.1 Å². The van der Waals surface area contributed by atoms with Crippen molar-refractivity contribution < 1.29 is 9.90 Å². The number of aromatic nitrogens is 2. The summed E-state index contributed by atoms with van der Waals surface area (Å²) in [4.78, 5) is 22.0. The second-order valence-corrected chi connectivity index (χ2v) is 11.2. The van der Waals surface area contributed by atoms with E-state index in [4.69, 9.17) is 0 Å². The third-order valence-electron chi connectivity index (χ3n) is 8.80. The number of hydrogen-bond donors (Lipinski definition) is 1. The van der Waals surface area contributed by atoms with Gasteiger partial charge in [-0.3, -0.25) is 4.79 Å². The summed E-state index contributed by atoms with van der Waals surface area (Å²) < 4.78 is 0. The smallest absolute Gasteiger partial charge is 0.167 e.